The van der Waals surface area contributed by atoms with Gasteiger partial charge in [-0.15, -0.1) is 11.3 Å². The summed E-state index contributed by atoms with van der Waals surface area (Å²) in [5, 5.41) is 5.61. The van der Waals surface area contributed by atoms with Crippen LogP contribution in [0.4, 0.5) is 0 Å². The van der Waals surface area contributed by atoms with E-state index in [0.29, 0.717) is 6.04 Å². The average molecular weight is 254 g/mol. The molecule has 1 heterocycles. The number of hydrogen-bond acceptors (Lipinski definition) is 3. The second-order valence-electron chi connectivity index (χ2n) is 4.63. The summed E-state index contributed by atoms with van der Waals surface area (Å²) in [4.78, 5) is 3.92. The molecule has 2 nitrogen and oxygen atoms in total. The molecule has 1 aromatic rings. The van der Waals surface area contributed by atoms with Crippen molar-refractivity contribution in [2.75, 3.05) is 26.7 Å². The van der Waals surface area contributed by atoms with Crippen LogP contribution in [0.25, 0.3) is 0 Å². The summed E-state index contributed by atoms with van der Waals surface area (Å²) in [6.45, 7) is 8.01. The van der Waals surface area contributed by atoms with Gasteiger partial charge in [0.25, 0.3) is 0 Å². The van der Waals surface area contributed by atoms with Crippen molar-refractivity contribution in [3.8, 4) is 0 Å². The van der Waals surface area contributed by atoms with E-state index in [1.54, 1.807) is 0 Å². The van der Waals surface area contributed by atoms with Crippen molar-refractivity contribution in [1.29, 1.82) is 0 Å². The third-order valence-corrected chi connectivity index (χ3v) is 4.20. The van der Waals surface area contributed by atoms with Crippen molar-refractivity contribution in [3.63, 3.8) is 0 Å². The van der Waals surface area contributed by atoms with Crippen molar-refractivity contribution in [2.24, 2.45) is 0 Å². The fraction of sp³-hybridized carbons (Fsp3) is 0.714. The number of thiophene rings is 1. The van der Waals surface area contributed by atoms with Crippen LogP contribution < -0.4 is 5.32 Å². The molecule has 1 rings (SSSR count). The molecular weight excluding hydrogens is 228 g/mol. The van der Waals surface area contributed by atoms with Crippen LogP contribution in [-0.2, 0) is 0 Å². The Morgan fingerprint density at radius 3 is 2.82 bits per heavy atom. The molecule has 17 heavy (non-hydrogen) atoms. The molecule has 0 aliphatic rings. The first-order valence-corrected chi connectivity index (χ1v) is 7.58. The molecule has 1 N–H and O–H groups in total. The molecule has 1 unspecified atom stereocenters. The maximum atomic E-state index is 3.45. The summed E-state index contributed by atoms with van der Waals surface area (Å²) in [5.41, 5.74) is 0. The minimum absolute atomic E-state index is 0.554. The minimum Gasteiger partial charge on any atom is -0.317 e. The van der Waals surface area contributed by atoms with E-state index in [9.17, 15) is 0 Å². The Labute approximate surface area is 110 Å². The van der Waals surface area contributed by atoms with E-state index in [2.05, 4.69) is 48.6 Å². The summed E-state index contributed by atoms with van der Waals surface area (Å²) in [6, 6.07) is 4.92. The van der Waals surface area contributed by atoms with Gasteiger partial charge in [0.2, 0.25) is 0 Å². The van der Waals surface area contributed by atoms with Gasteiger partial charge in [-0.2, -0.15) is 0 Å². The van der Waals surface area contributed by atoms with E-state index in [4.69, 9.17) is 0 Å². The van der Waals surface area contributed by atoms with Gasteiger partial charge in [-0.1, -0.05) is 13.0 Å². The van der Waals surface area contributed by atoms with E-state index in [0.717, 1.165) is 13.1 Å². The van der Waals surface area contributed by atoms with Gasteiger partial charge in [-0.3, -0.25) is 4.90 Å². The molecule has 1 aromatic heterocycles. The SMILES string of the molecule is CCCNCCCCN(C)C(C)c1cccs1. The highest BCUT2D eigenvalue weighted by Crippen LogP contribution is 2.23. The second-order valence-corrected chi connectivity index (χ2v) is 5.61. The summed E-state index contributed by atoms with van der Waals surface area (Å²) in [5.74, 6) is 0. The molecule has 98 valence electrons. The summed E-state index contributed by atoms with van der Waals surface area (Å²) in [6.07, 6.45) is 3.79. The van der Waals surface area contributed by atoms with E-state index in [-0.39, 0.29) is 0 Å². The zero-order valence-corrected chi connectivity index (χ0v) is 12.2. The predicted octanol–water partition coefficient (Wildman–Crippen LogP) is 3.52. The Morgan fingerprint density at radius 1 is 1.35 bits per heavy atom. The van der Waals surface area contributed by atoms with E-state index >= 15 is 0 Å². The van der Waals surface area contributed by atoms with Crippen molar-refractivity contribution >= 4 is 11.3 Å². The summed E-state index contributed by atoms with van der Waals surface area (Å²) in [7, 11) is 2.23. The van der Waals surface area contributed by atoms with Crippen LogP contribution in [0.5, 0.6) is 0 Å². The van der Waals surface area contributed by atoms with Crippen LogP contribution in [0.15, 0.2) is 17.5 Å². The van der Waals surface area contributed by atoms with E-state index in [1.165, 1.54) is 30.7 Å². The van der Waals surface area contributed by atoms with Gasteiger partial charge in [0, 0.05) is 10.9 Å². The molecular formula is C14H26N2S. The normalized spacial score (nSPS) is 13.2. The largest absolute Gasteiger partial charge is 0.317 e. The lowest BCUT2D eigenvalue weighted by molar-refractivity contribution is 0.259. The van der Waals surface area contributed by atoms with Gasteiger partial charge < -0.3 is 5.32 Å². The van der Waals surface area contributed by atoms with E-state index < -0.39 is 0 Å². The van der Waals surface area contributed by atoms with Crippen LogP contribution in [0.3, 0.4) is 0 Å². The second kappa shape index (κ2) is 8.67. The topological polar surface area (TPSA) is 15.3 Å². The standard InChI is InChI=1S/C14H26N2S/c1-4-9-15-10-5-6-11-16(3)13(2)14-8-7-12-17-14/h7-8,12-13,15H,4-6,9-11H2,1-3H3. The smallest absolute Gasteiger partial charge is 0.0410 e. The van der Waals surface area contributed by atoms with Crippen LogP contribution in [-0.4, -0.2) is 31.6 Å². The highest BCUT2D eigenvalue weighted by atomic mass is 32.1. The average Bonchev–Trinajstić information content (AvgIpc) is 2.86. The molecule has 0 fully saturated rings. The van der Waals surface area contributed by atoms with E-state index in [1.807, 2.05) is 11.3 Å². The van der Waals surface area contributed by atoms with Gasteiger partial charge in [0.15, 0.2) is 0 Å². The maximum Gasteiger partial charge on any atom is 0.0410 e. The first-order chi connectivity index (χ1) is 8.25. The summed E-state index contributed by atoms with van der Waals surface area (Å²) < 4.78 is 0. The van der Waals surface area contributed by atoms with Gasteiger partial charge in [0.1, 0.15) is 0 Å². The molecule has 0 saturated carbocycles. The number of unbranched alkanes of at least 4 members (excludes halogenated alkanes) is 1. The monoisotopic (exact) mass is 254 g/mol. The Balaban J connectivity index is 2.10. The predicted molar refractivity (Wildman–Crippen MR) is 77.8 cm³/mol. The van der Waals surface area contributed by atoms with Crippen molar-refractivity contribution in [2.45, 2.75) is 39.2 Å². The van der Waals surface area contributed by atoms with Crippen LogP contribution >= 0.6 is 11.3 Å². The molecule has 1 atom stereocenters. The lowest BCUT2D eigenvalue weighted by Crippen LogP contribution is -2.24. The van der Waals surface area contributed by atoms with Crippen molar-refractivity contribution in [3.05, 3.63) is 22.4 Å². The molecule has 0 aliphatic carbocycles. The Morgan fingerprint density at radius 2 is 2.18 bits per heavy atom. The highest BCUT2D eigenvalue weighted by Gasteiger charge is 2.11. The molecule has 0 amide bonds. The van der Waals surface area contributed by atoms with Crippen LogP contribution in [0.1, 0.15) is 44.0 Å². The first-order valence-electron chi connectivity index (χ1n) is 6.70. The first kappa shape index (κ1) is 14.7. The third-order valence-electron chi connectivity index (χ3n) is 3.16. The molecule has 0 saturated heterocycles. The quantitative estimate of drug-likeness (QED) is 0.678. The van der Waals surface area contributed by atoms with Crippen LogP contribution in [0.2, 0.25) is 0 Å². The lowest BCUT2D eigenvalue weighted by Gasteiger charge is -2.23. The van der Waals surface area contributed by atoms with Gasteiger partial charge in [0.05, 0.1) is 0 Å². The molecule has 0 aliphatic heterocycles. The zero-order valence-electron chi connectivity index (χ0n) is 11.4. The number of nitrogens with one attached hydrogen (secondary N) is 1. The fourth-order valence-electron chi connectivity index (χ4n) is 1.85. The molecule has 0 aromatic carbocycles. The Hall–Kier alpha value is -0.380. The number of rotatable bonds is 9. The Kier molecular flexibility index (Phi) is 7.49. The molecule has 0 radical (unpaired) electrons. The third kappa shape index (κ3) is 5.66. The summed E-state index contributed by atoms with van der Waals surface area (Å²) >= 11 is 1.86. The minimum atomic E-state index is 0.554. The van der Waals surface area contributed by atoms with Crippen molar-refractivity contribution in [1.82, 2.24) is 10.2 Å². The lowest BCUT2D eigenvalue weighted by atomic mass is 10.2. The number of hydrogen-bond donors (Lipinski definition) is 1. The van der Waals surface area contributed by atoms with Crippen molar-refractivity contribution < 1.29 is 0 Å². The Bertz CT molecular complexity index is 272. The fourth-order valence-corrected chi connectivity index (χ4v) is 2.70. The van der Waals surface area contributed by atoms with Gasteiger partial charge in [-0.05, 0) is 64.3 Å². The highest BCUT2D eigenvalue weighted by molar-refractivity contribution is 7.10. The zero-order chi connectivity index (χ0) is 12.5. The molecule has 0 spiro atoms. The number of nitrogens with zero attached hydrogens (tertiary/aromatic N) is 1. The van der Waals surface area contributed by atoms with Gasteiger partial charge in [-0.25, -0.2) is 0 Å². The van der Waals surface area contributed by atoms with Gasteiger partial charge >= 0.3 is 0 Å². The molecule has 3 heteroatoms. The van der Waals surface area contributed by atoms with Crippen LogP contribution in [0, 0.1) is 0 Å². The molecule has 0 bridgehead atoms. The maximum absolute atomic E-state index is 3.45.